The lowest BCUT2D eigenvalue weighted by Gasteiger charge is -2.26. The summed E-state index contributed by atoms with van der Waals surface area (Å²) in [6, 6.07) is 5.07. The van der Waals surface area contributed by atoms with Gasteiger partial charge in [0.05, 0.1) is 37.5 Å². The van der Waals surface area contributed by atoms with Crippen molar-refractivity contribution < 1.29 is 22.7 Å². The van der Waals surface area contributed by atoms with Crippen LogP contribution < -0.4 is 14.4 Å². The quantitative estimate of drug-likeness (QED) is 0.751. The number of carbonyl (C=O) groups is 1. The summed E-state index contributed by atoms with van der Waals surface area (Å²) in [5.74, 6) is 1.12. The second-order valence-corrected chi connectivity index (χ2v) is 9.61. The van der Waals surface area contributed by atoms with Gasteiger partial charge in [0, 0.05) is 17.7 Å². The number of hydrogen-bond donors (Lipinski definition) is 0. The Hall–Kier alpha value is -1.74. The largest absolute Gasteiger partial charge is 0.497 e. The van der Waals surface area contributed by atoms with Crippen LogP contribution in [-0.4, -0.2) is 56.5 Å². The molecule has 3 rings (SSSR count). The molecule has 0 bridgehead atoms. The van der Waals surface area contributed by atoms with Crippen LogP contribution in [0.4, 0.5) is 5.69 Å². The summed E-state index contributed by atoms with van der Waals surface area (Å²) in [5.41, 5.74) is 0.688. The third kappa shape index (κ3) is 3.68. The summed E-state index contributed by atoms with van der Waals surface area (Å²) < 4.78 is 34.9. The SMILES string of the molecule is CCCC(=O)N=C1S[C@@H]2CS(=O)(=O)C[C@H]2N1c1ccc(OC)cc1OC. The molecule has 1 amide bonds. The summed E-state index contributed by atoms with van der Waals surface area (Å²) in [7, 11) is 0.00169. The van der Waals surface area contributed by atoms with Crippen LogP contribution in [0.5, 0.6) is 11.5 Å². The van der Waals surface area contributed by atoms with Gasteiger partial charge in [-0.2, -0.15) is 4.99 Å². The normalized spacial score (nSPS) is 25.3. The molecular formula is C17H22N2O5S2. The average molecular weight is 399 g/mol. The van der Waals surface area contributed by atoms with Crippen molar-refractivity contribution in [3.63, 3.8) is 0 Å². The number of benzene rings is 1. The number of rotatable bonds is 5. The zero-order valence-corrected chi connectivity index (χ0v) is 16.6. The van der Waals surface area contributed by atoms with Gasteiger partial charge in [0.2, 0.25) is 5.91 Å². The lowest BCUT2D eigenvalue weighted by Crippen LogP contribution is -2.38. The second kappa shape index (κ2) is 7.48. The van der Waals surface area contributed by atoms with Gasteiger partial charge in [-0.05, 0) is 18.6 Å². The van der Waals surface area contributed by atoms with Gasteiger partial charge in [0.15, 0.2) is 15.0 Å². The Labute approximate surface area is 157 Å². The second-order valence-electron chi connectivity index (χ2n) is 6.25. The van der Waals surface area contributed by atoms with Crippen LogP contribution in [0.1, 0.15) is 19.8 Å². The highest BCUT2D eigenvalue weighted by Gasteiger charge is 2.50. The molecule has 0 unspecified atom stereocenters. The van der Waals surface area contributed by atoms with Gasteiger partial charge >= 0.3 is 0 Å². The van der Waals surface area contributed by atoms with Crippen LogP contribution in [0.3, 0.4) is 0 Å². The number of hydrogen-bond acceptors (Lipinski definition) is 6. The number of thioether (sulfide) groups is 1. The number of fused-ring (bicyclic) bond motifs is 1. The van der Waals surface area contributed by atoms with E-state index in [4.69, 9.17) is 9.47 Å². The Bertz CT molecular complexity index is 838. The molecule has 9 heteroatoms. The Morgan fingerprint density at radius 1 is 1.31 bits per heavy atom. The molecule has 1 aromatic rings. The Morgan fingerprint density at radius 2 is 2.08 bits per heavy atom. The van der Waals surface area contributed by atoms with Crippen LogP contribution in [0.2, 0.25) is 0 Å². The number of amidine groups is 1. The fourth-order valence-corrected chi connectivity index (χ4v) is 7.13. The van der Waals surface area contributed by atoms with Crippen LogP contribution in [0.15, 0.2) is 23.2 Å². The molecule has 7 nitrogen and oxygen atoms in total. The minimum absolute atomic E-state index is 0.0425. The predicted octanol–water partition coefficient (Wildman–Crippen LogP) is 2.11. The van der Waals surface area contributed by atoms with Gasteiger partial charge < -0.3 is 14.4 Å². The zero-order valence-electron chi connectivity index (χ0n) is 15.0. The van der Waals surface area contributed by atoms with E-state index in [1.54, 1.807) is 26.4 Å². The first-order valence-electron chi connectivity index (χ1n) is 8.38. The first kappa shape index (κ1) is 19.0. The van der Waals surface area contributed by atoms with Gasteiger partial charge in [0.1, 0.15) is 11.5 Å². The van der Waals surface area contributed by atoms with E-state index in [-0.39, 0.29) is 28.7 Å². The molecule has 2 aliphatic rings. The number of methoxy groups -OCH3 is 2. The van der Waals surface area contributed by atoms with Gasteiger partial charge in [-0.3, -0.25) is 4.79 Å². The van der Waals surface area contributed by atoms with Crippen molar-refractivity contribution in [1.29, 1.82) is 0 Å². The Balaban J connectivity index is 2.05. The maximum Gasteiger partial charge on any atom is 0.248 e. The van der Waals surface area contributed by atoms with Crippen LogP contribution in [-0.2, 0) is 14.6 Å². The lowest BCUT2D eigenvalue weighted by molar-refractivity contribution is -0.117. The van der Waals surface area contributed by atoms with E-state index in [0.29, 0.717) is 35.2 Å². The van der Waals surface area contributed by atoms with E-state index >= 15 is 0 Å². The molecule has 0 radical (unpaired) electrons. The summed E-state index contributed by atoms with van der Waals surface area (Å²) in [5, 5.41) is 0.400. The molecule has 2 aliphatic heterocycles. The van der Waals surface area contributed by atoms with Crippen LogP contribution >= 0.6 is 11.8 Å². The van der Waals surface area contributed by atoms with E-state index in [1.165, 1.54) is 11.8 Å². The molecule has 0 N–H and O–H groups in total. The van der Waals surface area contributed by atoms with E-state index in [0.717, 1.165) is 0 Å². The number of anilines is 1. The summed E-state index contributed by atoms with van der Waals surface area (Å²) in [6.07, 6.45) is 1.08. The molecule has 2 heterocycles. The van der Waals surface area contributed by atoms with E-state index in [1.807, 2.05) is 17.9 Å². The van der Waals surface area contributed by atoms with Crippen LogP contribution in [0, 0.1) is 0 Å². The van der Waals surface area contributed by atoms with Crippen molar-refractivity contribution in [1.82, 2.24) is 0 Å². The van der Waals surface area contributed by atoms with Crippen molar-refractivity contribution in [2.24, 2.45) is 4.99 Å². The number of ether oxygens (including phenoxy) is 2. The maximum absolute atomic E-state index is 12.1. The number of sulfone groups is 1. The molecule has 0 spiro atoms. The topological polar surface area (TPSA) is 85.3 Å². The highest BCUT2D eigenvalue weighted by atomic mass is 32.2. The van der Waals surface area contributed by atoms with Crippen molar-refractivity contribution in [2.45, 2.75) is 31.1 Å². The highest BCUT2D eigenvalue weighted by molar-refractivity contribution is 8.16. The predicted molar refractivity (Wildman–Crippen MR) is 103 cm³/mol. The van der Waals surface area contributed by atoms with Crippen molar-refractivity contribution >= 4 is 38.4 Å². The fraction of sp³-hybridized carbons (Fsp3) is 0.529. The molecule has 2 saturated heterocycles. The minimum atomic E-state index is -3.11. The molecule has 26 heavy (non-hydrogen) atoms. The van der Waals surface area contributed by atoms with Gasteiger partial charge in [0.25, 0.3) is 0 Å². The summed E-state index contributed by atoms with van der Waals surface area (Å²) >= 11 is 1.36. The summed E-state index contributed by atoms with van der Waals surface area (Å²) in [4.78, 5) is 18.2. The van der Waals surface area contributed by atoms with E-state index in [2.05, 4.69) is 4.99 Å². The maximum atomic E-state index is 12.1. The Morgan fingerprint density at radius 3 is 2.73 bits per heavy atom. The first-order valence-corrected chi connectivity index (χ1v) is 11.1. The molecule has 1 aromatic carbocycles. The number of aliphatic imine (C=N–C) groups is 1. The van der Waals surface area contributed by atoms with Crippen molar-refractivity contribution in [3.05, 3.63) is 18.2 Å². The van der Waals surface area contributed by atoms with Gasteiger partial charge in [-0.25, -0.2) is 8.42 Å². The standard InChI is InChI=1S/C17H22N2O5S2/c1-4-5-16(20)18-17-19(13-9-26(21,22)10-15(13)25-17)12-7-6-11(23-2)8-14(12)24-3/h6-8,13,15H,4-5,9-10H2,1-3H3/t13-,15-/m1/s1. The monoisotopic (exact) mass is 398 g/mol. The van der Waals surface area contributed by atoms with E-state index in [9.17, 15) is 13.2 Å². The Kier molecular flexibility index (Phi) is 5.47. The van der Waals surface area contributed by atoms with Crippen LogP contribution in [0.25, 0.3) is 0 Å². The third-order valence-electron chi connectivity index (χ3n) is 4.40. The van der Waals surface area contributed by atoms with E-state index < -0.39 is 9.84 Å². The van der Waals surface area contributed by atoms with Gasteiger partial charge in [-0.1, -0.05) is 18.7 Å². The molecule has 0 saturated carbocycles. The molecule has 142 valence electrons. The number of amides is 1. The molecule has 0 aliphatic carbocycles. The molecular weight excluding hydrogens is 376 g/mol. The zero-order chi connectivity index (χ0) is 18.9. The number of nitrogens with zero attached hydrogens (tertiary/aromatic N) is 2. The lowest BCUT2D eigenvalue weighted by atomic mass is 10.2. The van der Waals surface area contributed by atoms with Gasteiger partial charge in [-0.15, -0.1) is 0 Å². The molecule has 2 atom stereocenters. The minimum Gasteiger partial charge on any atom is -0.497 e. The number of carbonyl (C=O) groups excluding carboxylic acids is 1. The smallest absolute Gasteiger partial charge is 0.248 e. The van der Waals surface area contributed by atoms with Crippen molar-refractivity contribution in [2.75, 3.05) is 30.6 Å². The summed E-state index contributed by atoms with van der Waals surface area (Å²) in [6.45, 7) is 1.92. The fourth-order valence-electron chi connectivity index (χ4n) is 3.21. The molecule has 2 fully saturated rings. The third-order valence-corrected chi connectivity index (χ3v) is 7.61. The first-order chi connectivity index (χ1) is 12.4. The highest BCUT2D eigenvalue weighted by Crippen LogP contribution is 2.44. The molecule has 0 aromatic heterocycles. The van der Waals surface area contributed by atoms with Crippen molar-refractivity contribution in [3.8, 4) is 11.5 Å². The average Bonchev–Trinajstić information content (AvgIpc) is 3.05.